The fraction of sp³-hybridized carbons (Fsp3) is 0.231. The lowest BCUT2D eigenvalue weighted by atomic mass is 10.1. The van der Waals surface area contributed by atoms with E-state index in [1.54, 1.807) is 12.1 Å². The number of amides is 1. The number of hydrogen-bond donors (Lipinski definition) is 2. The number of nitroso groups, excluding NO2 is 1. The van der Waals surface area contributed by atoms with E-state index < -0.39 is 12.7 Å². The highest BCUT2D eigenvalue weighted by atomic mass is 32.1. The molecule has 5 nitrogen and oxygen atoms in total. The van der Waals surface area contributed by atoms with E-state index in [1.807, 2.05) is 0 Å². The van der Waals surface area contributed by atoms with Crippen LogP contribution in [0.2, 0.25) is 0 Å². The van der Waals surface area contributed by atoms with Crippen LogP contribution in [0.3, 0.4) is 0 Å². The van der Waals surface area contributed by atoms with Gasteiger partial charge in [0.2, 0.25) is 0 Å². The number of nitrogens with zero attached hydrogens (tertiary/aromatic N) is 1. The van der Waals surface area contributed by atoms with Gasteiger partial charge in [-0.15, -0.1) is 16.2 Å². The molecule has 0 aliphatic rings. The minimum absolute atomic E-state index is 0.113. The van der Waals surface area contributed by atoms with Crippen LogP contribution in [0.1, 0.15) is 22.2 Å². The molecule has 1 aromatic heterocycles. The first-order valence-electron chi connectivity index (χ1n) is 5.99. The topological polar surface area (TPSA) is 78.8 Å². The fourth-order valence-electron chi connectivity index (χ4n) is 1.85. The van der Waals surface area contributed by atoms with Crippen LogP contribution in [0.25, 0.3) is 10.1 Å². The third-order valence-corrected chi connectivity index (χ3v) is 6.29. The van der Waals surface area contributed by atoms with E-state index in [1.165, 1.54) is 30.5 Å². The summed E-state index contributed by atoms with van der Waals surface area (Å²) in [6.45, 7) is 1.09. The van der Waals surface area contributed by atoms with Crippen molar-refractivity contribution in [2.45, 2.75) is 12.3 Å². The molecule has 112 valence electrons. The minimum Gasteiger partial charge on any atom is -0.354 e. The van der Waals surface area contributed by atoms with E-state index in [0.29, 0.717) is 10.3 Å². The molecule has 2 N–H and O–H groups in total. The summed E-state index contributed by atoms with van der Waals surface area (Å²) in [5.41, 5.74) is 0.113. The minimum atomic E-state index is -3.87. The summed E-state index contributed by atoms with van der Waals surface area (Å²) in [6, 6.07) is 6.24. The molecule has 0 aliphatic carbocycles. The Morgan fingerprint density at radius 2 is 2.19 bits per heavy atom. The molecular weight excluding hydrogens is 314 g/mol. The second-order valence-corrected chi connectivity index (χ2v) is 8.26. The van der Waals surface area contributed by atoms with Crippen LogP contribution < -0.4 is 5.32 Å². The van der Waals surface area contributed by atoms with Gasteiger partial charge in [0.15, 0.2) is 12.7 Å². The van der Waals surface area contributed by atoms with E-state index in [-0.39, 0.29) is 11.5 Å². The molecule has 0 aliphatic heterocycles. The third-order valence-electron chi connectivity index (χ3n) is 3.30. The van der Waals surface area contributed by atoms with Crippen LogP contribution >= 0.6 is 18.6 Å². The van der Waals surface area contributed by atoms with Crippen molar-refractivity contribution < 1.29 is 14.1 Å². The number of halogens is 1. The summed E-state index contributed by atoms with van der Waals surface area (Å²) in [5, 5.41) is 0.840. The smallest absolute Gasteiger partial charge is 0.261 e. The summed E-state index contributed by atoms with van der Waals surface area (Å²) in [5.74, 6) is -0.225. The molecule has 1 aromatic carbocycles. The largest absolute Gasteiger partial charge is 0.354 e. The number of alkyl halides is 1. The van der Waals surface area contributed by atoms with Gasteiger partial charge in [0.25, 0.3) is 5.91 Å². The van der Waals surface area contributed by atoms with Gasteiger partial charge in [-0.1, -0.05) is 6.07 Å². The third kappa shape index (κ3) is 2.64. The van der Waals surface area contributed by atoms with Crippen molar-refractivity contribution in [3.05, 3.63) is 39.6 Å². The second kappa shape index (κ2) is 5.33. The molecule has 2 rings (SSSR count). The van der Waals surface area contributed by atoms with Crippen molar-refractivity contribution in [1.82, 2.24) is 5.32 Å². The van der Waals surface area contributed by atoms with Crippen LogP contribution in [0.15, 0.2) is 29.2 Å². The normalized spacial score (nSPS) is 17.0. The van der Waals surface area contributed by atoms with Gasteiger partial charge in [-0.05, 0) is 47.3 Å². The molecule has 1 amide bonds. The van der Waals surface area contributed by atoms with Crippen molar-refractivity contribution >= 4 is 40.9 Å². The number of hydrogen-bond acceptors (Lipinski definition) is 5. The number of carbonyl (C=O) groups is 1. The zero-order chi connectivity index (χ0) is 15.8. The Hall–Kier alpha value is -1.56. The van der Waals surface area contributed by atoms with Gasteiger partial charge in [0.05, 0.1) is 4.88 Å². The first-order valence-corrected chi connectivity index (χ1v) is 8.69. The maximum absolute atomic E-state index is 14.7. The Morgan fingerprint density at radius 1 is 1.52 bits per heavy atom. The summed E-state index contributed by atoms with van der Waals surface area (Å²) in [6.07, 6.45) is 3.21. The predicted molar refractivity (Wildman–Crippen MR) is 85.7 cm³/mol. The Bertz CT molecular complexity index is 772. The quantitative estimate of drug-likeness (QED) is 0.666. The molecule has 0 fully saturated rings. The van der Waals surface area contributed by atoms with Crippen LogP contribution in [0.5, 0.6) is 0 Å². The highest BCUT2D eigenvalue weighted by Crippen LogP contribution is 2.61. The van der Waals surface area contributed by atoms with Crippen LogP contribution in [-0.2, 0) is 5.41 Å². The number of nitrogens with one attached hydrogen (secondary N) is 1. The lowest BCUT2D eigenvalue weighted by Gasteiger charge is -2.26. The first kappa shape index (κ1) is 15.8. The van der Waals surface area contributed by atoms with Gasteiger partial charge in [-0.2, -0.15) is 0 Å². The maximum Gasteiger partial charge on any atom is 0.261 e. The van der Waals surface area contributed by atoms with Gasteiger partial charge in [0.1, 0.15) is 0 Å². The molecule has 8 heteroatoms. The molecule has 1 heterocycles. The SMILES string of the molecule is C=P(O)(N=O)C(C)(F)c1ccc2sc(C(=O)NC)cc2c1. The molecule has 0 saturated heterocycles. The van der Waals surface area contributed by atoms with Gasteiger partial charge < -0.3 is 10.2 Å². The number of benzene rings is 1. The van der Waals surface area contributed by atoms with E-state index in [4.69, 9.17) is 0 Å². The monoisotopic (exact) mass is 328 g/mol. The van der Waals surface area contributed by atoms with E-state index in [0.717, 1.165) is 11.6 Å². The number of thiophene rings is 1. The lowest BCUT2D eigenvalue weighted by Crippen LogP contribution is -2.16. The molecule has 21 heavy (non-hydrogen) atoms. The van der Waals surface area contributed by atoms with Crippen LogP contribution in [0, 0.1) is 4.91 Å². The molecular formula is C13H14FN2O3PS. The van der Waals surface area contributed by atoms with E-state index >= 15 is 0 Å². The summed E-state index contributed by atoms with van der Waals surface area (Å²) in [4.78, 5) is 35.0. The Balaban J connectivity index is 2.55. The summed E-state index contributed by atoms with van der Waals surface area (Å²) < 4.78 is 15.5. The number of fused-ring (bicyclic) bond motifs is 1. The van der Waals surface area contributed by atoms with Crippen molar-refractivity contribution in [3.8, 4) is 0 Å². The average molecular weight is 328 g/mol. The zero-order valence-electron chi connectivity index (χ0n) is 11.5. The lowest BCUT2D eigenvalue weighted by molar-refractivity contribution is 0.0967. The summed E-state index contributed by atoms with van der Waals surface area (Å²) >= 11 is 1.27. The van der Waals surface area contributed by atoms with Gasteiger partial charge in [-0.25, -0.2) is 4.39 Å². The molecule has 0 spiro atoms. The molecule has 0 saturated carbocycles. The molecule has 2 unspecified atom stereocenters. The number of carbonyl (C=O) groups excluding carboxylic acids is 1. The van der Waals surface area contributed by atoms with Crippen LogP contribution in [-0.4, -0.2) is 24.1 Å². The molecule has 2 atom stereocenters. The standard InChI is InChI=1S/C13H14FN2O3PS/c1-13(14,20(3,19)16-18)9-4-5-10-8(6-9)7-11(21-10)12(17)15-2/h4-7,19H,3H2,1-2H3,(H,15,17). The van der Waals surface area contributed by atoms with E-state index in [9.17, 15) is 19.0 Å². The first-order chi connectivity index (χ1) is 9.72. The van der Waals surface area contributed by atoms with Crippen molar-refractivity contribution in [1.29, 1.82) is 0 Å². The van der Waals surface area contributed by atoms with Gasteiger partial charge in [-0.3, -0.25) is 4.79 Å². The zero-order valence-corrected chi connectivity index (χ0v) is 13.2. The van der Waals surface area contributed by atoms with Crippen LogP contribution in [0.4, 0.5) is 4.39 Å². The van der Waals surface area contributed by atoms with Crippen molar-refractivity contribution in [3.63, 3.8) is 0 Å². The predicted octanol–water partition coefficient (Wildman–Crippen LogP) is 3.44. The Labute approximate surface area is 124 Å². The van der Waals surface area contributed by atoms with Gasteiger partial charge in [0, 0.05) is 11.7 Å². The second-order valence-electron chi connectivity index (χ2n) is 4.71. The summed E-state index contributed by atoms with van der Waals surface area (Å²) in [7, 11) is -2.34. The van der Waals surface area contributed by atoms with Crippen molar-refractivity contribution in [2.24, 2.45) is 4.95 Å². The number of rotatable bonds is 4. The van der Waals surface area contributed by atoms with Crippen molar-refractivity contribution in [2.75, 3.05) is 7.05 Å². The highest BCUT2D eigenvalue weighted by molar-refractivity contribution is 7.67. The highest BCUT2D eigenvalue weighted by Gasteiger charge is 2.41. The van der Waals surface area contributed by atoms with E-state index in [2.05, 4.69) is 16.6 Å². The maximum atomic E-state index is 14.7. The molecule has 2 aromatic rings. The molecule has 0 bridgehead atoms. The Kier molecular flexibility index (Phi) is 4.02. The fourth-order valence-corrected chi connectivity index (χ4v) is 3.54. The molecule has 0 radical (unpaired) electrons. The van der Waals surface area contributed by atoms with Gasteiger partial charge >= 0.3 is 0 Å². The average Bonchev–Trinajstić information content (AvgIpc) is 2.88. The Morgan fingerprint density at radius 3 is 2.76 bits per heavy atom.